The zero-order valence-electron chi connectivity index (χ0n) is 11.6. The van der Waals surface area contributed by atoms with Crippen LogP contribution in [-0.4, -0.2) is 36.9 Å². The van der Waals surface area contributed by atoms with E-state index in [9.17, 15) is 18.7 Å². The minimum atomic E-state index is -1.01. The summed E-state index contributed by atoms with van der Waals surface area (Å²) in [5, 5.41) is 12.1. The number of aliphatic hydroxyl groups is 1. The number of hydrogen-bond donors (Lipinski definition) is 2. The van der Waals surface area contributed by atoms with Crippen LogP contribution in [0.25, 0.3) is 0 Å². The van der Waals surface area contributed by atoms with E-state index in [4.69, 9.17) is 4.74 Å². The Morgan fingerprint density at radius 2 is 2.19 bits per heavy atom. The van der Waals surface area contributed by atoms with Crippen molar-refractivity contribution in [3.8, 4) is 0 Å². The molecule has 0 aromatic heterocycles. The second kappa shape index (κ2) is 7.47. The monoisotopic (exact) mass is 299 g/mol. The first-order valence-electron chi connectivity index (χ1n) is 7.01. The maximum atomic E-state index is 13.4. The summed E-state index contributed by atoms with van der Waals surface area (Å²) in [6, 6.07) is 3.70. The van der Waals surface area contributed by atoms with Crippen LogP contribution in [0.2, 0.25) is 0 Å². The lowest BCUT2D eigenvalue weighted by atomic mass is 10.1. The van der Waals surface area contributed by atoms with E-state index in [2.05, 4.69) is 5.32 Å². The van der Waals surface area contributed by atoms with Crippen LogP contribution in [0.5, 0.6) is 0 Å². The third-order valence-corrected chi connectivity index (χ3v) is 3.28. The van der Waals surface area contributed by atoms with Gasteiger partial charge in [0.15, 0.2) is 11.6 Å². The van der Waals surface area contributed by atoms with Crippen molar-refractivity contribution in [3.05, 3.63) is 35.4 Å². The van der Waals surface area contributed by atoms with Crippen LogP contribution in [0.15, 0.2) is 18.2 Å². The molecule has 1 atom stereocenters. The van der Waals surface area contributed by atoms with Gasteiger partial charge >= 0.3 is 0 Å². The molecule has 1 fully saturated rings. The summed E-state index contributed by atoms with van der Waals surface area (Å²) in [6.45, 7) is 0.824. The van der Waals surface area contributed by atoms with Crippen molar-refractivity contribution >= 4 is 5.91 Å². The van der Waals surface area contributed by atoms with Gasteiger partial charge in [0.1, 0.15) is 0 Å². The lowest BCUT2D eigenvalue weighted by Gasteiger charge is -2.12. The van der Waals surface area contributed by atoms with Gasteiger partial charge in [0, 0.05) is 18.7 Å². The van der Waals surface area contributed by atoms with Crippen LogP contribution in [0, 0.1) is 17.6 Å². The molecule has 1 aliphatic rings. The fourth-order valence-electron chi connectivity index (χ4n) is 1.87. The predicted molar refractivity (Wildman–Crippen MR) is 72.6 cm³/mol. The Hall–Kier alpha value is -1.53. The number of ether oxygens (including phenoxy) is 1. The highest BCUT2D eigenvalue weighted by Crippen LogP contribution is 2.28. The van der Waals surface area contributed by atoms with E-state index in [-0.39, 0.29) is 25.1 Å². The molecule has 2 rings (SSSR count). The van der Waals surface area contributed by atoms with E-state index in [0.717, 1.165) is 6.07 Å². The summed E-state index contributed by atoms with van der Waals surface area (Å²) in [5.41, 5.74) is -0.00743. The topological polar surface area (TPSA) is 58.6 Å². The standard InChI is InChI=1S/C15H19F2NO3/c16-13-3-1-2-11(15(13)17)6-14(20)18-7-12(19)9-21-8-10-4-5-10/h1-3,10,12,19H,4-9H2,(H,18,20). The van der Waals surface area contributed by atoms with Gasteiger partial charge in [0.05, 0.1) is 19.1 Å². The van der Waals surface area contributed by atoms with Crippen molar-refractivity contribution in [2.45, 2.75) is 25.4 Å². The molecule has 1 amide bonds. The number of carbonyl (C=O) groups excluding carboxylic acids is 1. The van der Waals surface area contributed by atoms with Gasteiger partial charge in [0.2, 0.25) is 5.91 Å². The van der Waals surface area contributed by atoms with Gasteiger partial charge < -0.3 is 15.2 Å². The van der Waals surface area contributed by atoms with Crippen LogP contribution in [0.4, 0.5) is 8.78 Å². The van der Waals surface area contributed by atoms with Gasteiger partial charge in [-0.05, 0) is 24.8 Å². The summed E-state index contributed by atoms with van der Waals surface area (Å²) < 4.78 is 31.7. The third kappa shape index (κ3) is 5.40. The Labute approximate surface area is 122 Å². The number of rotatable bonds is 8. The van der Waals surface area contributed by atoms with Gasteiger partial charge in [-0.2, -0.15) is 0 Å². The Balaban J connectivity index is 1.67. The quantitative estimate of drug-likeness (QED) is 0.763. The predicted octanol–water partition coefficient (Wildman–Crippen LogP) is 1.41. The molecule has 21 heavy (non-hydrogen) atoms. The van der Waals surface area contributed by atoms with E-state index in [1.54, 1.807) is 0 Å². The van der Waals surface area contributed by atoms with Crippen LogP contribution < -0.4 is 5.32 Å². The molecule has 116 valence electrons. The van der Waals surface area contributed by atoms with E-state index in [1.807, 2.05) is 0 Å². The van der Waals surface area contributed by atoms with Gasteiger partial charge in [0.25, 0.3) is 0 Å². The van der Waals surface area contributed by atoms with Crippen molar-refractivity contribution in [1.29, 1.82) is 0 Å². The molecule has 2 N–H and O–H groups in total. The SMILES string of the molecule is O=C(Cc1cccc(F)c1F)NCC(O)COCC1CC1. The van der Waals surface area contributed by atoms with E-state index in [0.29, 0.717) is 12.5 Å². The molecular weight excluding hydrogens is 280 g/mol. The van der Waals surface area contributed by atoms with Crippen molar-refractivity contribution < 1.29 is 23.4 Å². The molecule has 0 saturated heterocycles. The molecule has 1 aromatic rings. The number of halogens is 2. The summed E-state index contributed by atoms with van der Waals surface area (Å²) in [5.74, 6) is -1.85. The molecule has 1 unspecified atom stereocenters. The first-order valence-corrected chi connectivity index (χ1v) is 7.01. The molecule has 1 aromatic carbocycles. The maximum Gasteiger partial charge on any atom is 0.224 e. The number of benzene rings is 1. The molecular formula is C15H19F2NO3. The van der Waals surface area contributed by atoms with Crippen molar-refractivity contribution in [2.75, 3.05) is 19.8 Å². The maximum absolute atomic E-state index is 13.4. The van der Waals surface area contributed by atoms with Crippen LogP contribution >= 0.6 is 0 Å². The molecule has 6 heteroatoms. The second-order valence-electron chi connectivity index (χ2n) is 5.33. The molecule has 0 aliphatic heterocycles. The zero-order valence-corrected chi connectivity index (χ0v) is 11.6. The zero-order chi connectivity index (χ0) is 15.2. The largest absolute Gasteiger partial charge is 0.389 e. The van der Waals surface area contributed by atoms with E-state index >= 15 is 0 Å². The Morgan fingerprint density at radius 1 is 1.43 bits per heavy atom. The highest BCUT2D eigenvalue weighted by atomic mass is 19.2. The fourth-order valence-corrected chi connectivity index (χ4v) is 1.87. The Bertz CT molecular complexity index is 492. The first kappa shape index (κ1) is 15.9. The number of aliphatic hydroxyl groups excluding tert-OH is 1. The molecule has 0 radical (unpaired) electrons. The molecule has 0 spiro atoms. The summed E-state index contributed by atoms with van der Waals surface area (Å²) in [4.78, 5) is 11.6. The van der Waals surface area contributed by atoms with Gasteiger partial charge in [-0.3, -0.25) is 4.79 Å². The van der Waals surface area contributed by atoms with Crippen LogP contribution in [-0.2, 0) is 16.0 Å². The Morgan fingerprint density at radius 3 is 2.90 bits per heavy atom. The van der Waals surface area contributed by atoms with E-state index < -0.39 is 23.6 Å². The first-order chi connectivity index (χ1) is 10.1. The minimum absolute atomic E-state index is 0.00743. The van der Waals surface area contributed by atoms with Crippen molar-refractivity contribution in [3.63, 3.8) is 0 Å². The van der Waals surface area contributed by atoms with E-state index in [1.165, 1.54) is 25.0 Å². The van der Waals surface area contributed by atoms with Gasteiger partial charge in [-0.25, -0.2) is 8.78 Å². The second-order valence-corrected chi connectivity index (χ2v) is 5.33. The summed E-state index contributed by atoms with van der Waals surface area (Å²) in [7, 11) is 0. The number of carbonyl (C=O) groups is 1. The smallest absolute Gasteiger partial charge is 0.224 e. The fraction of sp³-hybridized carbons (Fsp3) is 0.533. The number of hydrogen-bond acceptors (Lipinski definition) is 3. The van der Waals surface area contributed by atoms with Crippen molar-refractivity contribution in [2.24, 2.45) is 5.92 Å². The summed E-state index contributed by atoms with van der Waals surface area (Å²) in [6.07, 6.45) is 1.28. The lowest BCUT2D eigenvalue weighted by Crippen LogP contribution is -2.35. The molecule has 1 saturated carbocycles. The number of amides is 1. The average molecular weight is 299 g/mol. The highest BCUT2D eigenvalue weighted by Gasteiger charge is 2.21. The number of nitrogens with one attached hydrogen (secondary N) is 1. The Kier molecular flexibility index (Phi) is 5.64. The van der Waals surface area contributed by atoms with Gasteiger partial charge in [-0.1, -0.05) is 12.1 Å². The summed E-state index contributed by atoms with van der Waals surface area (Å²) >= 11 is 0. The van der Waals surface area contributed by atoms with Gasteiger partial charge in [-0.15, -0.1) is 0 Å². The molecule has 0 bridgehead atoms. The normalized spacial score (nSPS) is 15.8. The molecule has 0 heterocycles. The molecule has 1 aliphatic carbocycles. The van der Waals surface area contributed by atoms with Crippen LogP contribution in [0.1, 0.15) is 18.4 Å². The lowest BCUT2D eigenvalue weighted by molar-refractivity contribution is -0.121. The highest BCUT2D eigenvalue weighted by molar-refractivity contribution is 5.78. The third-order valence-electron chi connectivity index (χ3n) is 3.28. The van der Waals surface area contributed by atoms with Crippen molar-refractivity contribution in [1.82, 2.24) is 5.32 Å². The molecule has 4 nitrogen and oxygen atoms in total. The average Bonchev–Trinajstić information content (AvgIpc) is 3.26. The van der Waals surface area contributed by atoms with Crippen LogP contribution in [0.3, 0.4) is 0 Å². The minimum Gasteiger partial charge on any atom is -0.389 e.